The zero-order chi connectivity index (χ0) is 18.8. The second-order valence-corrected chi connectivity index (χ2v) is 6.24. The molecule has 4 aromatic rings. The van der Waals surface area contributed by atoms with Crippen LogP contribution in [-0.4, -0.2) is 10.9 Å². The summed E-state index contributed by atoms with van der Waals surface area (Å²) in [4.78, 5) is 28.7. The number of fused-ring (bicyclic) bond motifs is 1. The lowest BCUT2D eigenvalue weighted by Crippen LogP contribution is -2.12. The molecule has 0 aliphatic heterocycles. The van der Waals surface area contributed by atoms with E-state index in [4.69, 9.17) is 4.42 Å². The average molecular weight is 356 g/mol. The number of pyridine rings is 1. The summed E-state index contributed by atoms with van der Waals surface area (Å²) >= 11 is 0. The van der Waals surface area contributed by atoms with Gasteiger partial charge in [-0.2, -0.15) is 0 Å². The molecular formula is C22H16N2O3. The van der Waals surface area contributed by atoms with E-state index in [0.717, 1.165) is 11.1 Å². The van der Waals surface area contributed by atoms with E-state index in [0.29, 0.717) is 28.0 Å². The third-order valence-corrected chi connectivity index (χ3v) is 4.26. The van der Waals surface area contributed by atoms with E-state index in [1.807, 2.05) is 31.2 Å². The summed E-state index contributed by atoms with van der Waals surface area (Å²) in [6.45, 7) is 2.00. The Morgan fingerprint density at radius 1 is 0.963 bits per heavy atom. The number of benzene rings is 2. The van der Waals surface area contributed by atoms with Crippen LogP contribution in [0.2, 0.25) is 0 Å². The summed E-state index contributed by atoms with van der Waals surface area (Å²) in [6.07, 6.45) is 3.10. The van der Waals surface area contributed by atoms with Crippen LogP contribution in [0.15, 0.2) is 82.3 Å². The molecule has 1 amide bonds. The van der Waals surface area contributed by atoms with Gasteiger partial charge in [0, 0.05) is 35.3 Å². The molecule has 2 heterocycles. The second-order valence-electron chi connectivity index (χ2n) is 6.24. The summed E-state index contributed by atoms with van der Waals surface area (Å²) in [6, 6.07) is 17.5. The number of rotatable bonds is 3. The number of carbonyl (C=O) groups excluding carboxylic acids is 1. The zero-order valence-corrected chi connectivity index (χ0v) is 14.6. The highest BCUT2D eigenvalue weighted by atomic mass is 16.3. The molecule has 0 spiro atoms. The lowest BCUT2D eigenvalue weighted by Gasteiger charge is -2.07. The number of carbonyl (C=O) groups is 1. The maximum Gasteiger partial charge on any atom is 0.255 e. The van der Waals surface area contributed by atoms with Gasteiger partial charge in [-0.15, -0.1) is 0 Å². The van der Waals surface area contributed by atoms with Crippen molar-refractivity contribution in [1.82, 2.24) is 4.98 Å². The maximum absolute atomic E-state index is 12.6. The van der Waals surface area contributed by atoms with Gasteiger partial charge in [-0.1, -0.05) is 29.8 Å². The Bertz CT molecular complexity index is 1180. The molecule has 0 fully saturated rings. The molecule has 2 aromatic heterocycles. The van der Waals surface area contributed by atoms with Gasteiger partial charge in [0.05, 0.1) is 5.39 Å². The molecule has 4 rings (SSSR count). The Labute approximate surface area is 155 Å². The lowest BCUT2D eigenvalue weighted by atomic mass is 10.1. The van der Waals surface area contributed by atoms with Crippen molar-refractivity contribution in [1.29, 1.82) is 0 Å². The smallest absolute Gasteiger partial charge is 0.255 e. The van der Waals surface area contributed by atoms with Crippen LogP contribution in [0.4, 0.5) is 5.69 Å². The molecule has 0 aliphatic rings. The van der Waals surface area contributed by atoms with Crippen LogP contribution in [-0.2, 0) is 0 Å². The van der Waals surface area contributed by atoms with E-state index in [9.17, 15) is 9.59 Å². The summed E-state index contributed by atoms with van der Waals surface area (Å²) < 4.78 is 5.89. The highest BCUT2D eigenvalue weighted by Crippen LogP contribution is 2.24. The zero-order valence-electron chi connectivity index (χ0n) is 14.6. The van der Waals surface area contributed by atoms with E-state index >= 15 is 0 Å². The van der Waals surface area contributed by atoms with Gasteiger partial charge >= 0.3 is 0 Å². The number of aromatic nitrogens is 1. The molecule has 0 saturated carbocycles. The molecule has 5 nitrogen and oxygen atoms in total. The van der Waals surface area contributed by atoms with Crippen molar-refractivity contribution in [3.63, 3.8) is 0 Å². The van der Waals surface area contributed by atoms with E-state index in [1.165, 1.54) is 6.07 Å². The van der Waals surface area contributed by atoms with Crippen molar-refractivity contribution in [2.24, 2.45) is 0 Å². The van der Waals surface area contributed by atoms with Gasteiger partial charge in [-0.3, -0.25) is 14.6 Å². The van der Waals surface area contributed by atoms with Crippen molar-refractivity contribution in [2.75, 3.05) is 5.32 Å². The lowest BCUT2D eigenvalue weighted by molar-refractivity contribution is 0.102. The van der Waals surface area contributed by atoms with Gasteiger partial charge < -0.3 is 9.73 Å². The van der Waals surface area contributed by atoms with Crippen LogP contribution >= 0.6 is 0 Å². The Kier molecular flexibility index (Phi) is 4.26. The first-order chi connectivity index (χ1) is 13.1. The number of hydrogen-bond acceptors (Lipinski definition) is 4. The molecule has 0 aliphatic carbocycles. The Morgan fingerprint density at radius 2 is 1.70 bits per heavy atom. The first kappa shape index (κ1) is 16.7. The Hall–Kier alpha value is -3.73. The number of anilines is 1. The van der Waals surface area contributed by atoms with Crippen LogP contribution in [0.1, 0.15) is 15.9 Å². The minimum Gasteiger partial charge on any atom is -0.456 e. The van der Waals surface area contributed by atoms with Crippen LogP contribution in [0.25, 0.3) is 22.3 Å². The van der Waals surface area contributed by atoms with E-state index in [-0.39, 0.29) is 11.3 Å². The molecule has 0 unspecified atom stereocenters. The first-order valence-corrected chi connectivity index (χ1v) is 8.46. The van der Waals surface area contributed by atoms with Gasteiger partial charge in [-0.05, 0) is 37.3 Å². The summed E-state index contributed by atoms with van der Waals surface area (Å²) in [7, 11) is 0. The molecule has 0 saturated heterocycles. The van der Waals surface area contributed by atoms with Crippen LogP contribution < -0.4 is 10.7 Å². The fourth-order valence-corrected chi connectivity index (χ4v) is 2.80. The molecule has 0 bridgehead atoms. The van der Waals surface area contributed by atoms with Gasteiger partial charge in [0.1, 0.15) is 11.3 Å². The quantitative estimate of drug-likeness (QED) is 0.590. The fourth-order valence-electron chi connectivity index (χ4n) is 2.80. The van der Waals surface area contributed by atoms with Crippen LogP contribution in [0.5, 0.6) is 0 Å². The Balaban J connectivity index is 1.68. The topological polar surface area (TPSA) is 72.2 Å². The molecule has 132 valence electrons. The summed E-state index contributed by atoms with van der Waals surface area (Å²) in [5.41, 5.74) is 3.31. The van der Waals surface area contributed by atoms with Crippen LogP contribution in [0, 0.1) is 6.92 Å². The fraction of sp³-hybridized carbons (Fsp3) is 0.0455. The van der Waals surface area contributed by atoms with E-state index in [2.05, 4.69) is 10.3 Å². The van der Waals surface area contributed by atoms with Gasteiger partial charge in [0.2, 0.25) is 0 Å². The number of amides is 1. The minimum absolute atomic E-state index is 0.160. The third-order valence-electron chi connectivity index (χ3n) is 4.26. The summed E-state index contributed by atoms with van der Waals surface area (Å²) in [5.74, 6) is 0.249. The van der Waals surface area contributed by atoms with Crippen molar-refractivity contribution in [3.05, 3.63) is 94.4 Å². The maximum atomic E-state index is 12.6. The first-order valence-electron chi connectivity index (χ1n) is 8.46. The molecule has 5 heteroatoms. The molecule has 2 aromatic carbocycles. The predicted molar refractivity (Wildman–Crippen MR) is 105 cm³/mol. The van der Waals surface area contributed by atoms with E-state index in [1.54, 1.807) is 42.7 Å². The van der Waals surface area contributed by atoms with Gasteiger partial charge in [0.25, 0.3) is 5.91 Å². The number of aryl methyl sites for hydroxylation is 1. The van der Waals surface area contributed by atoms with Crippen LogP contribution in [0.3, 0.4) is 0 Å². The number of nitrogens with zero attached hydrogens (tertiary/aromatic N) is 1. The van der Waals surface area contributed by atoms with Crippen molar-refractivity contribution in [3.8, 4) is 11.3 Å². The van der Waals surface area contributed by atoms with E-state index < -0.39 is 0 Å². The molecule has 27 heavy (non-hydrogen) atoms. The number of nitrogens with one attached hydrogen (secondary N) is 1. The monoisotopic (exact) mass is 356 g/mol. The van der Waals surface area contributed by atoms with Gasteiger partial charge in [0.15, 0.2) is 5.43 Å². The minimum atomic E-state index is -0.266. The molecule has 1 N–H and O–H groups in total. The molecular weight excluding hydrogens is 340 g/mol. The normalized spacial score (nSPS) is 10.7. The summed E-state index contributed by atoms with van der Waals surface area (Å²) in [5, 5.41) is 3.20. The molecule has 0 radical (unpaired) electrons. The predicted octanol–water partition coefficient (Wildman–Crippen LogP) is 4.42. The highest BCUT2D eigenvalue weighted by molar-refractivity contribution is 6.04. The highest BCUT2D eigenvalue weighted by Gasteiger charge is 2.10. The van der Waals surface area contributed by atoms with Gasteiger partial charge in [-0.25, -0.2) is 0 Å². The third kappa shape index (κ3) is 3.48. The Morgan fingerprint density at radius 3 is 2.44 bits per heavy atom. The molecule has 0 atom stereocenters. The van der Waals surface area contributed by atoms with Crippen molar-refractivity contribution >= 4 is 22.6 Å². The van der Waals surface area contributed by atoms with Crippen molar-refractivity contribution < 1.29 is 9.21 Å². The standard InChI is InChI=1S/C22H16N2O3/c1-14-2-4-15(5-3-14)21-13-19(25)18-12-17(6-7-20(18)27-21)24-22(26)16-8-10-23-11-9-16/h2-13H,1H3,(H,24,26). The number of hydrogen-bond donors (Lipinski definition) is 1. The SMILES string of the molecule is Cc1ccc(-c2cc(=O)c3cc(NC(=O)c4ccncc4)ccc3o2)cc1. The second kappa shape index (κ2) is 6.88. The largest absolute Gasteiger partial charge is 0.456 e. The van der Waals surface area contributed by atoms with Crippen molar-refractivity contribution in [2.45, 2.75) is 6.92 Å². The average Bonchev–Trinajstić information content (AvgIpc) is 2.69.